The van der Waals surface area contributed by atoms with Crippen molar-refractivity contribution < 1.29 is 14.7 Å². The van der Waals surface area contributed by atoms with Crippen molar-refractivity contribution in [2.75, 3.05) is 6.54 Å². The molecule has 0 aliphatic carbocycles. The maximum absolute atomic E-state index is 12.0. The number of benzene rings is 1. The Balaban J connectivity index is 2.54. The van der Waals surface area contributed by atoms with E-state index in [1.54, 1.807) is 12.1 Å². The van der Waals surface area contributed by atoms with Gasteiger partial charge in [0.15, 0.2) is 0 Å². The van der Waals surface area contributed by atoms with Gasteiger partial charge in [0.05, 0.1) is 0 Å². The van der Waals surface area contributed by atoms with Crippen LogP contribution in [0.3, 0.4) is 0 Å². The maximum atomic E-state index is 12.0. The number of nitrogens with one attached hydrogen (secondary N) is 1. The lowest BCUT2D eigenvalue weighted by Gasteiger charge is -2.19. The van der Waals surface area contributed by atoms with E-state index in [9.17, 15) is 9.59 Å². The van der Waals surface area contributed by atoms with Crippen molar-refractivity contribution in [3.05, 3.63) is 35.9 Å². The number of amides is 1. The standard InChI is InChI=1S/C16H24N2O3/c1-11(2)8-12(9-14(19)20)10-18-16(21)15(17)13-6-4-3-5-7-13/h3-7,11-12,15H,8-10,17H2,1-2H3,(H,18,21)(H,19,20)/t12-,15+/m0/s1. The fourth-order valence-electron chi connectivity index (χ4n) is 2.32. The predicted octanol–water partition coefficient (Wildman–Crippen LogP) is 1.94. The van der Waals surface area contributed by atoms with Crippen molar-refractivity contribution in [3.8, 4) is 0 Å². The SMILES string of the molecule is CC(C)C[C@H](CNC(=O)[C@H](N)c1ccccc1)CC(=O)O. The van der Waals surface area contributed by atoms with Gasteiger partial charge in [-0.3, -0.25) is 9.59 Å². The zero-order valence-electron chi connectivity index (χ0n) is 12.6. The molecular weight excluding hydrogens is 268 g/mol. The number of rotatable bonds is 8. The first-order valence-electron chi connectivity index (χ1n) is 7.20. The molecule has 1 rings (SSSR count). The second-order valence-electron chi connectivity index (χ2n) is 5.73. The first-order chi connectivity index (χ1) is 9.90. The molecule has 0 fully saturated rings. The average Bonchev–Trinajstić information content (AvgIpc) is 2.43. The Morgan fingerprint density at radius 3 is 2.38 bits per heavy atom. The minimum atomic E-state index is -0.845. The van der Waals surface area contributed by atoms with E-state index in [0.29, 0.717) is 12.5 Å². The summed E-state index contributed by atoms with van der Waals surface area (Å²) in [5.74, 6) is -0.814. The molecule has 1 amide bonds. The molecule has 0 aromatic heterocycles. The summed E-state index contributed by atoms with van der Waals surface area (Å²) in [5, 5.41) is 11.7. The second kappa shape index (κ2) is 8.42. The average molecular weight is 292 g/mol. The van der Waals surface area contributed by atoms with Crippen molar-refractivity contribution in [1.29, 1.82) is 0 Å². The molecule has 0 radical (unpaired) electrons. The molecule has 0 heterocycles. The highest BCUT2D eigenvalue weighted by atomic mass is 16.4. The normalized spacial score (nSPS) is 13.7. The van der Waals surface area contributed by atoms with Crippen LogP contribution >= 0.6 is 0 Å². The minimum Gasteiger partial charge on any atom is -0.481 e. The van der Waals surface area contributed by atoms with E-state index in [4.69, 9.17) is 10.8 Å². The van der Waals surface area contributed by atoms with Gasteiger partial charge in [0.25, 0.3) is 0 Å². The monoisotopic (exact) mass is 292 g/mol. The Labute approximate surface area is 125 Å². The van der Waals surface area contributed by atoms with E-state index in [-0.39, 0.29) is 18.2 Å². The molecule has 0 unspecified atom stereocenters. The Bertz CT molecular complexity index is 460. The summed E-state index contributed by atoms with van der Waals surface area (Å²) < 4.78 is 0. The zero-order valence-corrected chi connectivity index (χ0v) is 12.6. The lowest BCUT2D eigenvalue weighted by molar-refractivity contribution is -0.138. The summed E-state index contributed by atoms with van der Waals surface area (Å²) in [4.78, 5) is 22.9. The lowest BCUT2D eigenvalue weighted by Crippen LogP contribution is -2.37. The van der Waals surface area contributed by atoms with Crippen LogP contribution < -0.4 is 11.1 Å². The van der Waals surface area contributed by atoms with E-state index < -0.39 is 12.0 Å². The van der Waals surface area contributed by atoms with Crippen LogP contribution in [-0.4, -0.2) is 23.5 Å². The Morgan fingerprint density at radius 1 is 1.24 bits per heavy atom. The summed E-state index contributed by atoms with van der Waals surface area (Å²) in [7, 11) is 0. The van der Waals surface area contributed by atoms with Crippen LogP contribution in [-0.2, 0) is 9.59 Å². The molecule has 1 aromatic carbocycles. The molecule has 0 aliphatic heterocycles. The van der Waals surface area contributed by atoms with Gasteiger partial charge in [0.2, 0.25) is 5.91 Å². The number of nitrogens with two attached hydrogens (primary N) is 1. The number of hydrogen-bond acceptors (Lipinski definition) is 3. The van der Waals surface area contributed by atoms with Crippen LogP contribution in [0, 0.1) is 11.8 Å². The van der Waals surface area contributed by atoms with E-state index in [1.165, 1.54) is 0 Å². The van der Waals surface area contributed by atoms with Crippen LogP contribution in [0.4, 0.5) is 0 Å². The van der Waals surface area contributed by atoms with Gasteiger partial charge in [-0.15, -0.1) is 0 Å². The van der Waals surface area contributed by atoms with Gasteiger partial charge in [0.1, 0.15) is 6.04 Å². The quantitative estimate of drug-likeness (QED) is 0.682. The molecule has 5 heteroatoms. The fourth-order valence-corrected chi connectivity index (χ4v) is 2.32. The number of carboxylic acid groups (broad SMARTS) is 1. The molecular formula is C16H24N2O3. The largest absolute Gasteiger partial charge is 0.481 e. The Hall–Kier alpha value is -1.88. The van der Waals surface area contributed by atoms with Crippen molar-refractivity contribution >= 4 is 11.9 Å². The zero-order chi connectivity index (χ0) is 15.8. The third kappa shape index (κ3) is 6.40. The van der Waals surface area contributed by atoms with E-state index in [2.05, 4.69) is 5.32 Å². The molecule has 0 bridgehead atoms. The molecule has 1 aromatic rings. The summed E-state index contributed by atoms with van der Waals surface area (Å²) in [6.45, 7) is 4.41. The molecule has 0 spiro atoms. The molecule has 116 valence electrons. The van der Waals surface area contributed by atoms with Gasteiger partial charge >= 0.3 is 5.97 Å². The predicted molar refractivity (Wildman–Crippen MR) is 81.6 cm³/mol. The molecule has 0 saturated carbocycles. The molecule has 4 N–H and O–H groups in total. The summed E-state index contributed by atoms with van der Waals surface area (Å²) >= 11 is 0. The molecule has 21 heavy (non-hydrogen) atoms. The van der Waals surface area contributed by atoms with Crippen molar-refractivity contribution in [2.45, 2.75) is 32.7 Å². The highest BCUT2D eigenvalue weighted by Gasteiger charge is 2.19. The highest BCUT2D eigenvalue weighted by molar-refractivity contribution is 5.82. The highest BCUT2D eigenvalue weighted by Crippen LogP contribution is 2.15. The third-order valence-corrected chi connectivity index (χ3v) is 3.27. The van der Waals surface area contributed by atoms with E-state index in [0.717, 1.165) is 12.0 Å². The molecule has 5 nitrogen and oxygen atoms in total. The first-order valence-corrected chi connectivity index (χ1v) is 7.20. The van der Waals surface area contributed by atoms with Gasteiger partial charge in [-0.1, -0.05) is 44.2 Å². The number of carboxylic acids is 1. The molecule has 2 atom stereocenters. The maximum Gasteiger partial charge on any atom is 0.303 e. The number of hydrogen-bond donors (Lipinski definition) is 3. The number of carbonyl (C=O) groups is 2. The van der Waals surface area contributed by atoms with Gasteiger partial charge in [-0.2, -0.15) is 0 Å². The summed E-state index contributed by atoms with van der Waals surface area (Å²) in [5.41, 5.74) is 6.64. The lowest BCUT2D eigenvalue weighted by atomic mass is 9.94. The molecule has 0 aliphatic rings. The first kappa shape index (κ1) is 17.2. The number of aliphatic carboxylic acids is 1. The minimum absolute atomic E-state index is 0.0546. The van der Waals surface area contributed by atoms with Crippen LogP contribution in [0.5, 0.6) is 0 Å². The van der Waals surface area contributed by atoms with Gasteiger partial charge in [-0.05, 0) is 23.8 Å². The molecule has 0 saturated heterocycles. The van der Waals surface area contributed by atoms with E-state index in [1.807, 2.05) is 32.0 Å². The fraction of sp³-hybridized carbons (Fsp3) is 0.500. The van der Waals surface area contributed by atoms with Crippen LogP contribution in [0.2, 0.25) is 0 Å². The van der Waals surface area contributed by atoms with Gasteiger partial charge < -0.3 is 16.2 Å². The Kier molecular flexibility index (Phi) is 6.88. The van der Waals surface area contributed by atoms with Crippen LogP contribution in [0.25, 0.3) is 0 Å². The van der Waals surface area contributed by atoms with Crippen molar-refractivity contribution in [2.24, 2.45) is 17.6 Å². The van der Waals surface area contributed by atoms with Gasteiger partial charge in [0, 0.05) is 13.0 Å². The topological polar surface area (TPSA) is 92.4 Å². The second-order valence-corrected chi connectivity index (χ2v) is 5.73. The van der Waals surface area contributed by atoms with Crippen molar-refractivity contribution in [1.82, 2.24) is 5.32 Å². The van der Waals surface area contributed by atoms with Crippen LogP contribution in [0.15, 0.2) is 30.3 Å². The third-order valence-electron chi connectivity index (χ3n) is 3.27. The number of carbonyl (C=O) groups excluding carboxylic acids is 1. The smallest absolute Gasteiger partial charge is 0.303 e. The van der Waals surface area contributed by atoms with Crippen LogP contribution in [0.1, 0.15) is 38.3 Å². The summed E-state index contributed by atoms with van der Waals surface area (Å²) in [6, 6.07) is 8.39. The van der Waals surface area contributed by atoms with Crippen molar-refractivity contribution in [3.63, 3.8) is 0 Å². The van der Waals surface area contributed by atoms with E-state index >= 15 is 0 Å². The Morgan fingerprint density at radius 2 is 1.86 bits per heavy atom. The van der Waals surface area contributed by atoms with Gasteiger partial charge in [-0.25, -0.2) is 0 Å². The summed E-state index contributed by atoms with van der Waals surface area (Å²) in [6.07, 6.45) is 0.812.